The summed E-state index contributed by atoms with van der Waals surface area (Å²) in [6.07, 6.45) is 0. The van der Waals surface area contributed by atoms with E-state index in [1.54, 1.807) is 31.2 Å². The van der Waals surface area contributed by atoms with Crippen LogP contribution in [0.3, 0.4) is 0 Å². The minimum absolute atomic E-state index is 0.0822. The van der Waals surface area contributed by atoms with Gasteiger partial charge in [0.05, 0.1) is 4.90 Å². The Balaban J connectivity index is 2.35. The van der Waals surface area contributed by atoms with Crippen LogP contribution in [0, 0.1) is 6.92 Å². The van der Waals surface area contributed by atoms with Crippen molar-refractivity contribution in [3.8, 4) is 0 Å². The summed E-state index contributed by atoms with van der Waals surface area (Å²) in [6, 6.07) is 10.9. The number of nitrogen functional groups attached to an aromatic ring is 1. The van der Waals surface area contributed by atoms with Gasteiger partial charge in [0, 0.05) is 16.9 Å². The molecule has 0 fully saturated rings. The van der Waals surface area contributed by atoms with E-state index in [9.17, 15) is 13.2 Å². The van der Waals surface area contributed by atoms with Crippen LogP contribution in [0.2, 0.25) is 0 Å². The second-order valence-electron chi connectivity index (χ2n) is 4.76. The van der Waals surface area contributed by atoms with Crippen LogP contribution in [-0.4, -0.2) is 14.2 Å². The number of ketones is 1. The molecule has 2 aromatic carbocycles. The molecule has 0 aliphatic carbocycles. The van der Waals surface area contributed by atoms with Crippen LogP contribution in [0.4, 0.5) is 11.4 Å². The summed E-state index contributed by atoms with van der Waals surface area (Å²) in [5.41, 5.74) is 7.74. The molecule has 2 aromatic rings. The number of hydrogen-bond acceptors (Lipinski definition) is 4. The lowest BCUT2D eigenvalue weighted by Gasteiger charge is -2.10. The number of Topliss-reactive ketones (excluding diaryl/α,β-unsaturated/α-hetero) is 1. The van der Waals surface area contributed by atoms with E-state index in [0.29, 0.717) is 16.9 Å². The molecule has 0 amide bonds. The second-order valence-corrected chi connectivity index (χ2v) is 6.44. The molecule has 0 spiro atoms. The molecule has 0 radical (unpaired) electrons. The molecule has 21 heavy (non-hydrogen) atoms. The van der Waals surface area contributed by atoms with E-state index in [0.717, 1.165) is 5.56 Å². The monoisotopic (exact) mass is 304 g/mol. The number of aryl methyl sites for hydroxylation is 1. The highest BCUT2D eigenvalue weighted by Crippen LogP contribution is 2.21. The highest BCUT2D eigenvalue weighted by atomic mass is 32.2. The van der Waals surface area contributed by atoms with Gasteiger partial charge in [-0.3, -0.25) is 9.52 Å². The lowest BCUT2D eigenvalue weighted by molar-refractivity contribution is 0.101. The molecule has 6 heteroatoms. The Bertz CT molecular complexity index is 798. The Labute approximate surface area is 123 Å². The quantitative estimate of drug-likeness (QED) is 0.671. The smallest absolute Gasteiger partial charge is 0.261 e. The Morgan fingerprint density at radius 3 is 2.48 bits per heavy atom. The number of hydrogen-bond donors (Lipinski definition) is 2. The minimum atomic E-state index is -3.74. The number of carbonyl (C=O) groups excluding carboxylic acids is 1. The van der Waals surface area contributed by atoms with E-state index in [4.69, 9.17) is 5.73 Å². The number of benzene rings is 2. The number of sulfonamides is 1. The van der Waals surface area contributed by atoms with Gasteiger partial charge in [0.2, 0.25) is 0 Å². The predicted molar refractivity (Wildman–Crippen MR) is 82.8 cm³/mol. The average molecular weight is 304 g/mol. The van der Waals surface area contributed by atoms with Crippen molar-refractivity contribution in [3.05, 3.63) is 53.6 Å². The maximum absolute atomic E-state index is 12.3. The summed E-state index contributed by atoms with van der Waals surface area (Å²) < 4.78 is 27.0. The first kappa shape index (κ1) is 15.1. The van der Waals surface area contributed by atoms with Gasteiger partial charge in [0.25, 0.3) is 10.0 Å². The van der Waals surface area contributed by atoms with Crippen molar-refractivity contribution in [2.45, 2.75) is 18.7 Å². The Hall–Kier alpha value is -2.34. The van der Waals surface area contributed by atoms with E-state index < -0.39 is 10.0 Å². The number of nitrogens with two attached hydrogens (primary N) is 1. The molecule has 2 rings (SSSR count). The molecule has 110 valence electrons. The number of anilines is 2. The topological polar surface area (TPSA) is 89.3 Å². The van der Waals surface area contributed by atoms with E-state index in [1.165, 1.54) is 25.1 Å². The van der Waals surface area contributed by atoms with E-state index >= 15 is 0 Å². The molecule has 0 unspecified atom stereocenters. The van der Waals surface area contributed by atoms with E-state index in [2.05, 4.69) is 4.72 Å². The first-order valence-electron chi connectivity index (χ1n) is 6.29. The highest BCUT2D eigenvalue weighted by molar-refractivity contribution is 7.92. The van der Waals surface area contributed by atoms with Gasteiger partial charge < -0.3 is 5.73 Å². The molecule has 3 N–H and O–H groups in total. The average Bonchev–Trinajstić information content (AvgIpc) is 2.41. The molecule has 0 aromatic heterocycles. The fourth-order valence-electron chi connectivity index (χ4n) is 1.80. The summed E-state index contributed by atoms with van der Waals surface area (Å²) in [5.74, 6) is -0.129. The third-order valence-electron chi connectivity index (χ3n) is 3.08. The molecule has 0 atom stereocenters. The van der Waals surface area contributed by atoms with Crippen LogP contribution in [0.1, 0.15) is 22.8 Å². The number of carbonyl (C=O) groups is 1. The van der Waals surface area contributed by atoms with Crippen molar-refractivity contribution in [1.82, 2.24) is 0 Å². The summed E-state index contributed by atoms with van der Waals surface area (Å²) >= 11 is 0. The van der Waals surface area contributed by atoms with Crippen LogP contribution < -0.4 is 10.5 Å². The van der Waals surface area contributed by atoms with E-state index in [-0.39, 0.29) is 10.7 Å². The third-order valence-corrected chi connectivity index (χ3v) is 4.46. The summed E-state index contributed by atoms with van der Waals surface area (Å²) in [6.45, 7) is 3.23. The molecule has 0 bridgehead atoms. The number of rotatable bonds is 4. The molecule has 0 saturated heterocycles. The Morgan fingerprint density at radius 2 is 1.86 bits per heavy atom. The molecular weight excluding hydrogens is 288 g/mol. The van der Waals surface area contributed by atoms with Gasteiger partial charge >= 0.3 is 0 Å². The van der Waals surface area contributed by atoms with Crippen LogP contribution in [-0.2, 0) is 10.0 Å². The Kier molecular flexibility index (Phi) is 3.99. The first-order valence-corrected chi connectivity index (χ1v) is 7.78. The summed E-state index contributed by atoms with van der Waals surface area (Å²) in [5, 5.41) is 0. The summed E-state index contributed by atoms with van der Waals surface area (Å²) in [7, 11) is -3.74. The fourth-order valence-corrected chi connectivity index (χ4v) is 2.89. The first-order chi connectivity index (χ1) is 9.79. The van der Waals surface area contributed by atoms with Gasteiger partial charge in [-0.05, 0) is 43.7 Å². The van der Waals surface area contributed by atoms with Crippen molar-refractivity contribution < 1.29 is 13.2 Å². The largest absolute Gasteiger partial charge is 0.398 e. The van der Waals surface area contributed by atoms with Gasteiger partial charge in [-0.15, -0.1) is 0 Å². The standard InChI is InChI=1S/C15H16N2O3S/c1-10-6-7-14(9-15(10)16)21(19,20)17-13-5-3-4-12(8-13)11(2)18/h3-9,17H,16H2,1-2H3. The van der Waals surface area contributed by atoms with Gasteiger partial charge in [-0.25, -0.2) is 8.42 Å². The normalized spacial score (nSPS) is 11.1. The zero-order valence-corrected chi connectivity index (χ0v) is 12.6. The predicted octanol–water partition coefficient (Wildman–Crippen LogP) is 2.58. The molecule has 0 aliphatic heterocycles. The van der Waals surface area contributed by atoms with Crippen LogP contribution in [0.15, 0.2) is 47.4 Å². The maximum Gasteiger partial charge on any atom is 0.261 e. The zero-order chi connectivity index (χ0) is 15.6. The highest BCUT2D eigenvalue weighted by Gasteiger charge is 2.15. The van der Waals surface area contributed by atoms with Gasteiger partial charge in [-0.1, -0.05) is 18.2 Å². The fraction of sp³-hybridized carbons (Fsp3) is 0.133. The van der Waals surface area contributed by atoms with Crippen molar-refractivity contribution in [2.24, 2.45) is 0 Å². The van der Waals surface area contributed by atoms with Crippen molar-refractivity contribution in [1.29, 1.82) is 0 Å². The van der Waals surface area contributed by atoms with Crippen LogP contribution in [0.5, 0.6) is 0 Å². The zero-order valence-electron chi connectivity index (χ0n) is 11.8. The van der Waals surface area contributed by atoms with Crippen LogP contribution in [0.25, 0.3) is 0 Å². The molecule has 5 nitrogen and oxygen atoms in total. The lowest BCUT2D eigenvalue weighted by atomic mass is 10.1. The molecular formula is C15H16N2O3S. The molecule has 0 saturated carbocycles. The van der Waals surface area contributed by atoms with Gasteiger partial charge in [-0.2, -0.15) is 0 Å². The minimum Gasteiger partial charge on any atom is -0.398 e. The summed E-state index contributed by atoms with van der Waals surface area (Å²) in [4.78, 5) is 11.4. The maximum atomic E-state index is 12.3. The molecule has 0 aliphatic rings. The van der Waals surface area contributed by atoms with Crippen molar-refractivity contribution in [2.75, 3.05) is 10.5 Å². The van der Waals surface area contributed by atoms with Gasteiger partial charge in [0.1, 0.15) is 0 Å². The van der Waals surface area contributed by atoms with Crippen molar-refractivity contribution in [3.63, 3.8) is 0 Å². The van der Waals surface area contributed by atoms with E-state index in [1.807, 2.05) is 0 Å². The SMILES string of the molecule is CC(=O)c1cccc(NS(=O)(=O)c2ccc(C)c(N)c2)c1. The Morgan fingerprint density at radius 1 is 1.14 bits per heavy atom. The lowest BCUT2D eigenvalue weighted by Crippen LogP contribution is -2.13. The molecule has 0 heterocycles. The second kappa shape index (κ2) is 5.57. The third kappa shape index (κ3) is 3.41. The number of nitrogens with one attached hydrogen (secondary N) is 1. The van der Waals surface area contributed by atoms with Crippen LogP contribution >= 0.6 is 0 Å². The van der Waals surface area contributed by atoms with Gasteiger partial charge in [0.15, 0.2) is 5.78 Å². The van der Waals surface area contributed by atoms with Crippen molar-refractivity contribution >= 4 is 27.2 Å².